The van der Waals surface area contributed by atoms with Crippen LogP contribution < -0.4 is 5.32 Å². The zero-order chi connectivity index (χ0) is 15.1. The van der Waals surface area contributed by atoms with Crippen molar-refractivity contribution in [2.24, 2.45) is 0 Å². The molecule has 4 heteroatoms. The summed E-state index contributed by atoms with van der Waals surface area (Å²) in [5, 5.41) is 12.9. The Bertz CT molecular complexity index is 489. The van der Waals surface area contributed by atoms with E-state index in [-0.39, 0.29) is 0 Å². The Labute approximate surface area is 135 Å². The molecular formula is C17H19Cl2NO. The molecule has 0 saturated carbocycles. The molecule has 1 aliphatic heterocycles. The van der Waals surface area contributed by atoms with Crippen molar-refractivity contribution in [3.05, 3.63) is 69.7 Å². The van der Waals surface area contributed by atoms with Gasteiger partial charge in [0.1, 0.15) is 0 Å². The minimum absolute atomic E-state index is 0.306. The summed E-state index contributed by atoms with van der Waals surface area (Å²) in [6.07, 6.45) is 2.06. The van der Waals surface area contributed by atoms with E-state index in [4.69, 9.17) is 28.3 Å². The van der Waals surface area contributed by atoms with Crippen molar-refractivity contribution in [2.75, 3.05) is 13.2 Å². The van der Waals surface area contributed by atoms with Gasteiger partial charge >= 0.3 is 0 Å². The first-order chi connectivity index (χ1) is 10.2. The van der Waals surface area contributed by atoms with Crippen molar-refractivity contribution >= 4 is 23.2 Å². The zero-order valence-corrected chi connectivity index (χ0v) is 13.2. The predicted molar refractivity (Wildman–Crippen MR) is 89.2 cm³/mol. The molecule has 0 bridgehead atoms. The number of hydrogen-bond acceptors (Lipinski definition) is 2. The average molecular weight is 324 g/mol. The molecule has 1 aliphatic rings. The molecule has 0 spiro atoms. The molecule has 1 unspecified atom stereocenters. The molecule has 112 valence electrons. The summed E-state index contributed by atoms with van der Waals surface area (Å²) in [7, 11) is 0. The summed E-state index contributed by atoms with van der Waals surface area (Å²) < 4.78 is 0. The average Bonchev–Trinajstić information content (AvgIpc) is 2.43. The summed E-state index contributed by atoms with van der Waals surface area (Å²) in [5.74, 6) is 0. The third-order valence-electron chi connectivity index (χ3n) is 3.38. The Hall–Kier alpha value is -1.06. The maximum atomic E-state index is 8.32. The maximum absolute atomic E-state index is 8.32. The fourth-order valence-corrected chi connectivity index (χ4v) is 2.20. The van der Waals surface area contributed by atoms with Crippen molar-refractivity contribution in [3.63, 3.8) is 0 Å². The van der Waals surface area contributed by atoms with Crippen LogP contribution in [0.5, 0.6) is 0 Å². The molecule has 3 rings (SSSR count). The lowest BCUT2D eigenvalue weighted by Crippen LogP contribution is -2.45. The first-order valence-electron chi connectivity index (χ1n) is 7.00. The standard InChI is InChI=1S/C13H10Cl2.C4H9NO/c14-12-5-1-10(2-6-12)9-11-3-7-13(15)8-4-11;6-3-4-1-2-5-4/h1-8H,9H2;4-6H,1-3H2. The van der Waals surface area contributed by atoms with Crippen LogP contribution in [0.2, 0.25) is 10.0 Å². The molecule has 2 N–H and O–H groups in total. The third kappa shape index (κ3) is 5.68. The highest BCUT2D eigenvalue weighted by Crippen LogP contribution is 2.15. The smallest absolute Gasteiger partial charge is 0.0585 e. The molecule has 2 aromatic carbocycles. The first-order valence-corrected chi connectivity index (χ1v) is 7.76. The van der Waals surface area contributed by atoms with Gasteiger partial charge in [-0.05, 0) is 54.8 Å². The van der Waals surface area contributed by atoms with E-state index in [9.17, 15) is 0 Å². The van der Waals surface area contributed by atoms with Gasteiger partial charge in [0.2, 0.25) is 0 Å². The van der Waals surface area contributed by atoms with Crippen LogP contribution in [0, 0.1) is 0 Å². The van der Waals surface area contributed by atoms with Crippen LogP contribution in [0.3, 0.4) is 0 Å². The molecule has 0 radical (unpaired) electrons. The summed E-state index contributed by atoms with van der Waals surface area (Å²) in [6, 6.07) is 16.2. The lowest BCUT2D eigenvalue weighted by molar-refractivity contribution is 0.199. The Kier molecular flexibility index (Phi) is 6.52. The molecule has 0 aliphatic carbocycles. The first kappa shape index (κ1) is 16.3. The number of aliphatic hydroxyl groups is 1. The summed E-state index contributed by atoms with van der Waals surface area (Å²) in [5.41, 5.74) is 2.50. The molecule has 2 aromatic rings. The Morgan fingerprint density at radius 2 is 1.33 bits per heavy atom. The van der Waals surface area contributed by atoms with Gasteiger partial charge in [-0.15, -0.1) is 0 Å². The number of aliphatic hydroxyl groups excluding tert-OH is 1. The van der Waals surface area contributed by atoms with Gasteiger partial charge in [-0.1, -0.05) is 47.5 Å². The van der Waals surface area contributed by atoms with Crippen molar-refractivity contribution < 1.29 is 5.11 Å². The van der Waals surface area contributed by atoms with Gasteiger partial charge in [0.05, 0.1) is 6.61 Å². The molecule has 1 fully saturated rings. The fraction of sp³-hybridized carbons (Fsp3) is 0.294. The summed E-state index contributed by atoms with van der Waals surface area (Å²) in [4.78, 5) is 0. The maximum Gasteiger partial charge on any atom is 0.0585 e. The number of halogens is 2. The Balaban J connectivity index is 0.000000225. The highest BCUT2D eigenvalue weighted by molar-refractivity contribution is 6.30. The van der Waals surface area contributed by atoms with Gasteiger partial charge in [0.25, 0.3) is 0 Å². The lowest BCUT2D eigenvalue weighted by atomic mass is 10.1. The monoisotopic (exact) mass is 323 g/mol. The number of benzene rings is 2. The lowest BCUT2D eigenvalue weighted by Gasteiger charge is -2.24. The van der Waals surface area contributed by atoms with Crippen molar-refractivity contribution in [2.45, 2.75) is 18.9 Å². The molecule has 2 nitrogen and oxygen atoms in total. The minimum Gasteiger partial charge on any atom is -0.395 e. The van der Waals surface area contributed by atoms with E-state index in [1.807, 2.05) is 48.5 Å². The van der Waals surface area contributed by atoms with Gasteiger partial charge in [0, 0.05) is 16.1 Å². The van der Waals surface area contributed by atoms with Crippen molar-refractivity contribution in [1.82, 2.24) is 5.32 Å². The van der Waals surface area contributed by atoms with E-state index < -0.39 is 0 Å². The summed E-state index contributed by atoms with van der Waals surface area (Å²) >= 11 is 11.6. The number of nitrogens with one attached hydrogen (secondary N) is 1. The van der Waals surface area contributed by atoms with Crippen LogP contribution in [-0.2, 0) is 6.42 Å². The number of rotatable bonds is 3. The topological polar surface area (TPSA) is 32.3 Å². The Morgan fingerprint density at radius 1 is 0.905 bits per heavy atom. The normalized spacial score (nSPS) is 16.6. The molecule has 1 heterocycles. The Morgan fingerprint density at radius 3 is 1.57 bits per heavy atom. The van der Waals surface area contributed by atoms with Gasteiger partial charge in [-0.3, -0.25) is 0 Å². The highest BCUT2D eigenvalue weighted by Gasteiger charge is 2.13. The minimum atomic E-state index is 0.306. The van der Waals surface area contributed by atoms with E-state index >= 15 is 0 Å². The second-order valence-corrected chi connectivity index (χ2v) is 5.92. The van der Waals surface area contributed by atoms with E-state index in [0.29, 0.717) is 12.6 Å². The van der Waals surface area contributed by atoms with Crippen LogP contribution in [0.25, 0.3) is 0 Å². The quantitative estimate of drug-likeness (QED) is 0.897. The van der Waals surface area contributed by atoms with E-state index in [0.717, 1.165) is 29.4 Å². The van der Waals surface area contributed by atoms with E-state index in [1.165, 1.54) is 11.1 Å². The molecule has 1 atom stereocenters. The fourth-order valence-electron chi connectivity index (χ4n) is 1.94. The molecule has 1 saturated heterocycles. The third-order valence-corrected chi connectivity index (χ3v) is 3.88. The highest BCUT2D eigenvalue weighted by atomic mass is 35.5. The molecule has 0 aromatic heterocycles. The van der Waals surface area contributed by atoms with Gasteiger partial charge in [0.15, 0.2) is 0 Å². The van der Waals surface area contributed by atoms with Gasteiger partial charge in [-0.25, -0.2) is 0 Å². The van der Waals surface area contributed by atoms with Crippen LogP contribution in [0.4, 0.5) is 0 Å². The van der Waals surface area contributed by atoms with Crippen LogP contribution in [0.1, 0.15) is 17.5 Å². The largest absolute Gasteiger partial charge is 0.395 e. The van der Waals surface area contributed by atoms with E-state index in [2.05, 4.69) is 5.32 Å². The molecule has 0 amide bonds. The second-order valence-electron chi connectivity index (χ2n) is 5.05. The zero-order valence-electron chi connectivity index (χ0n) is 11.7. The molecular weight excluding hydrogens is 305 g/mol. The SMILES string of the molecule is Clc1ccc(Cc2ccc(Cl)cc2)cc1.OCC1CCN1. The summed E-state index contributed by atoms with van der Waals surface area (Å²) in [6.45, 7) is 1.39. The van der Waals surface area contributed by atoms with Crippen molar-refractivity contribution in [1.29, 1.82) is 0 Å². The molecule has 21 heavy (non-hydrogen) atoms. The number of hydrogen-bond donors (Lipinski definition) is 2. The van der Waals surface area contributed by atoms with Gasteiger partial charge in [-0.2, -0.15) is 0 Å². The van der Waals surface area contributed by atoms with Gasteiger partial charge < -0.3 is 10.4 Å². The van der Waals surface area contributed by atoms with Crippen LogP contribution >= 0.6 is 23.2 Å². The van der Waals surface area contributed by atoms with Crippen LogP contribution in [-0.4, -0.2) is 24.3 Å². The van der Waals surface area contributed by atoms with E-state index in [1.54, 1.807) is 0 Å². The second kappa shape index (κ2) is 8.40. The predicted octanol–water partition coefficient (Wildman–Crippen LogP) is 3.92. The van der Waals surface area contributed by atoms with Crippen molar-refractivity contribution in [3.8, 4) is 0 Å². The van der Waals surface area contributed by atoms with Crippen LogP contribution in [0.15, 0.2) is 48.5 Å².